The molecule has 0 atom stereocenters. The Bertz CT molecular complexity index is 579. The average molecular weight is 228 g/mol. The van der Waals surface area contributed by atoms with Gasteiger partial charge in [-0.15, -0.1) is 0 Å². The van der Waals surface area contributed by atoms with Crippen molar-refractivity contribution in [3.05, 3.63) is 35.4 Å². The van der Waals surface area contributed by atoms with Crippen molar-refractivity contribution in [1.82, 2.24) is 9.38 Å². The summed E-state index contributed by atoms with van der Waals surface area (Å²) in [5.74, 6) is 2.08. The number of nitrogens with zero attached hydrogens (tertiary/aromatic N) is 2. The zero-order valence-electron chi connectivity index (χ0n) is 10.2. The van der Waals surface area contributed by atoms with Gasteiger partial charge in [0, 0.05) is 12.1 Å². The second kappa shape index (κ2) is 3.69. The predicted molar refractivity (Wildman–Crippen MR) is 66.6 cm³/mol. The summed E-state index contributed by atoms with van der Waals surface area (Å²) in [7, 11) is 0. The quantitative estimate of drug-likeness (QED) is 0.756. The predicted octanol–water partition coefficient (Wildman–Crippen LogP) is 3.15. The molecule has 0 spiro atoms. The van der Waals surface area contributed by atoms with Gasteiger partial charge >= 0.3 is 0 Å². The number of carbonyl (C=O) groups is 1. The maximum absolute atomic E-state index is 11.1. The monoisotopic (exact) mass is 228 g/mol. The number of hydrogen-bond donors (Lipinski definition) is 0. The Balaban J connectivity index is 2.23. The summed E-state index contributed by atoms with van der Waals surface area (Å²) >= 11 is 0. The molecule has 0 aliphatic heterocycles. The van der Waals surface area contributed by atoms with Gasteiger partial charge < -0.3 is 4.40 Å². The van der Waals surface area contributed by atoms with E-state index in [1.807, 2.05) is 0 Å². The van der Waals surface area contributed by atoms with Gasteiger partial charge in [0.15, 0.2) is 6.29 Å². The van der Waals surface area contributed by atoms with E-state index in [1.54, 1.807) is 0 Å². The molecule has 0 saturated heterocycles. The minimum absolute atomic E-state index is 0.471. The fourth-order valence-corrected chi connectivity index (χ4v) is 2.22. The van der Waals surface area contributed by atoms with E-state index in [2.05, 4.69) is 41.6 Å². The van der Waals surface area contributed by atoms with Gasteiger partial charge in [-0.05, 0) is 36.5 Å². The Kier molecular flexibility index (Phi) is 2.28. The lowest BCUT2D eigenvalue weighted by atomic mass is 10.0. The van der Waals surface area contributed by atoms with Gasteiger partial charge in [0.2, 0.25) is 0 Å². The highest BCUT2D eigenvalue weighted by Crippen LogP contribution is 2.40. The van der Waals surface area contributed by atoms with Gasteiger partial charge in [0.05, 0.1) is 5.52 Å². The number of fused-ring (bicyclic) bond motifs is 1. The summed E-state index contributed by atoms with van der Waals surface area (Å²) < 4.78 is 2.08. The van der Waals surface area contributed by atoms with E-state index in [0.717, 1.165) is 17.6 Å². The maximum atomic E-state index is 11.1. The van der Waals surface area contributed by atoms with Crippen LogP contribution in [0, 0.1) is 0 Å². The standard InChI is InChI=1S/C14H16N2O/c1-9(2)11-5-6-16-13(7-11)12(8-17)15-14(16)10-3-4-10/h5-10H,3-4H2,1-2H3. The van der Waals surface area contributed by atoms with Crippen molar-refractivity contribution in [2.75, 3.05) is 0 Å². The number of pyridine rings is 1. The van der Waals surface area contributed by atoms with Gasteiger partial charge in [-0.25, -0.2) is 4.98 Å². The van der Waals surface area contributed by atoms with E-state index in [1.165, 1.54) is 18.4 Å². The molecule has 1 aliphatic rings. The number of aromatic nitrogens is 2. The van der Waals surface area contributed by atoms with Crippen LogP contribution in [0.25, 0.3) is 5.52 Å². The van der Waals surface area contributed by atoms with Crippen LogP contribution in [-0.4, -0.2) is 15.7 Å². The molecule has 1 fully saturated rings. The van der Waals surface area contributed by atoms with Crippen LogP contribution in [0.1, 0.15) is 60.4 Å². The SMILES string of the molecule is CC(C)c1ccn2c(C3CC3)nc(C=O)c2c1. The number of imidazole rings is 1. The van der Waals surface area contributed by atoms with Gasteiger partial charge in [-0.1, -0.05) is 13.8 Å². The number of carbonyl (C=O) groups excluding carboxylic acids is 1. The van der Waals surface area contributed by atoms with Crippen molar-refractivity contribution in [1.29, 1.82) is 0 Å². The normalized spacial score (nSPS) is 15.7. The van der Waals surface area contributed by atoms with Crippen LogP contribution in [0.15, 0.2) is 18.3 Å². The summed E-state index contributed by atoms with van der Waals surface area (Å²) in [4.78, 5) is 15.5. The third-order valence-electron chi connectivity index (χ3n) is 3.44. The first kappa shape index (κ1) is 10.5. The zero-order chi connectivity index (χ0) is 12.0. The molecule has 0 radical (unpaired) electrons. The molecule has 2 aromatic heterocycles. The van der Waals surface area contributed by atoms with Crippen molar-refractivity contribution in [2.24, 2.45) is 0 Å². The highest BCUT2D eigenvalue weighted by molar-refractivity contribution is 5.84. The lowest BCUT2D eigenvalue weighted by molar-refractivity contribution is 0.112. The summed E-state index contributed by atoms with van der Waals surface area (Å²) in [5, 5.41) is 0. The van der Waals surface area contributed by atoms with Crippen molar-refractivity contribution in [3.8, 4) is 0 Å². The number of rotatable bonds is 3. The van der Waals surface area contributed by atoms with E-state index in [4.69, 9.17) is 0 Å². The van der Waals surface area contributed by atoms with Crippen LogP contribution in [0.5, 0.6) is 0 Å². The molecular weight excluding hydrogens is 212 g/mol. The van der Waals surface area contributed by atoms with Crippen molar-refractivity contribution in [3.63, 3.8) is 0 Å². The summed E-state index contributed by atoms with van der Waals surface area (Å²) in [5.41, 5.74) is 2.78. The summed E-state index contributed by atoms with van der Waals surface area (Å²) in [6.07, 6.45) is 5.32. The molecule has 3 rings (SSSR count). The summed E-state index contributed by atoms with van der Waals surface area (Å²) in [6.45, 7) is 4.31. The maximum Gasteiger partial charge on any atom is 0.170 e. The smallest absolute Gasteiger partial charge is 0.170 e. The Hall–Kier alpha value is -1.64. The molecule has 3 heteroatoms. The van der Waals surface area contributed by atoms with Crippen LogP contribution in [0.2, 0.25) is 0 Å². The van der Waals surface area contributed by atoms with Crippen LogP contribution < -0.4 is 0 Å². The van der Waals surface area contributed by atoms with Crippen LogP contribution in [0.4, 0.5) is 0 Å². The molecular formula is C14H16N2O. The molecule has 88 valence electrons. The highest BCUT2D eigenvalue weighted by atomic mass is 16.1. The van der Waals surface area contributed by atoms with E-state index in [0.29, 0.717) is 17.5 Å². The molecule has 1 saturated carbocycles. The van der Waals surface area contributed by atoms with Crippen LogP contribution in [-0.2, 0) is 0 Å². The van der Waals surface area contributed by atoms with Gasteiger partial charge in [0.1, 0.15) is 11.5 Å². The summed E-state index contributed by atoms with van der Waals surface area (Å²) in [6, 6.07) is 4.22. The Labute approximate surface area is 100 Å². The molecule has 17 heavy (non-hydrogen) atoms. The molecule has 0 N–H and O–H groups in total. The van der Waals surface area contributed by atoms with Crippen molar-refractivity contribution < 1.29 is 4.79 Å². The second-order valence-electron chi connectivity index (χ2n) is 5.12. The molecule has 3 nitrogen and oxygen atoms in total. The van der Waals surface area contributed by atoms with Crippen LogP contribution in [0.3, 0.4) is 0 Å². The molecule has 1 aliphatic carbocycles. The van der Waals surface area contributed by atoms with Gasteiger partial charge in [-0.2, -0.15) is 0 Å². The van der Waals surface area contributed by atoms with Gasteiger partial charge in [-0.3, -0.25) is 4.79 Å². The molecule has 0 amide bonds. The van der Waals surface area contributed by atoms with Crippen molar-refractivity contribution in [2.45, 2.75) is 38.5 Å². The van der Waals surface area contributed by atoms with E-state index in [9.17, 15) is 4.79 Å². The van der Waals surface area contributed by atoms with Gasteiger partial charge in [0.25, 0.3) is 0 Å². The fraction of sp³-hybridized carbons (Fsp3) is 0.429. The number of aldehydes is 1. The fourth-order valence-electron chi connectivity index (χ4n) is 2.22. The Morgan fingerprint density at radius 3 is 2.82 bits per heavy atom. The molecule has 0 unspecified atom stereocenters. The van der Waals surface area contributed by atoms with Crippen molar-refractivity contribution >= 4 is 11.8 Å². The lowest BCUT2D eigenvalue weighted by Crippen LogP contribution is -1.94. The first-order chi connectivity index (χ1) is 8.20. The third kappa shape index (κ3) is 1.66. The zero-order valence-corrected chi connectivity index (χ0v) is 10.2. The molecule has 0 bridgehead atoms. The molecule has 2 heterocycles. The highest BCUT2D eigenvalue weighted by Gasteiger charge is 2.29. The van der Waals surface area contributed by atoms with Crippen LogP contribution >= 0.6 is 0 Å². The first-order valence-corrected chi connectivity index (χ1v) is 6.17. The van der Waals surface area contributed by atoms with E-state index >= 15 is 0 Å². The lowest BCUT2D eigenvalue weighted by Gasteiger charge is -2.06. The number of hydrogen-bond acceptors (Lipinski definition) is 2. The molecule has 0 aromatic carbocycles. The molecule has 2 aromatic rings. The average Bonchev–Trinajstić information content (AvgIpc) is 3.10. The topological polar surface area (TPSA) is 34.4 Å². The first-order valence-electron chi connectivity index (χ1n) is 6.17. The largest absolute Gasteiger partial charge is 0.303 e. The van der Waals surface area contributed by atoms with E-state index in [-0.39, 0.29) is 0 Å². The minimum Gasteiger partial charge on any atom is -0.303 e. The second-order valence-corrected chi connectivity index (χ2v) is 5.12. The Morgan fingerprint density at radius 2 is 2.24 bits per heavy atom. The minimum atomic E-state index is 0.471. The van der Waals surface area contributed by atoms with E-state index < -0.39 is 0 Å². The third-order valence-corrected chi connectivity index (χ3v) is 3.44. The Morgan fingerprint density at radius 1 is 1.47 bits per heavy atom.